The van der Waals surface area contributed by atoms with Crippen LogP contribution in [0.3, 0.4) is 0 Å². The van der Waals surface area contributed by atoms with E-state index in [9.17, 15) is 9.59 Å². The Morgan fingerprint density at radius 1 is 1.11 bits per heavy atom. The number of carbonyl (C=O) groups is 2. The van der Waals surface area contributed by atoms with Crippen molar-refractivity contribution in [2.45, 2.75) is 103 Å². The third kappa shape index (κ3) is 10.5. The van der Waals surface area contributed by atoms with Crippen LogP contribution in [0.2, 0.25) is 0 Å². The van der Waals surface area contributed by atoms with Crippen molar-refractivity contribution in [3.05, 3.63) is 0 Å². The maximum atomic E-state index is 11.9. The number of epoxide rings is 1. The van der Waals surface area contributed by atoms with E-state index in [1.807, 2.05) is 0 Å². The fourth-order valence-corrected chi connectivity index (χ4v) is 2.90. The lowest BCUT2D eigenvalue weighted by molar-refractivity contribution is -0.193. The van der Waals surface area contributed by atoms with Crippen LogP contribution in [-0.4, -0.2) is 61.6 Å². The van der Waals surface area contributed by atoms with Gasteiger partial charge in [0.1, 0.15) is 12.4 Å². The zero-order chi connectivity index (χ0) is 21.2. The molecule has 0 aliphatic carbocycles. The largest absolute Gasteiger partial charge is 0.379 e. The summed E-state index contributed by atoms with van der Waals surface area (Å²) in [7, 11) is 3.41. The number of nitrogens with zero attached hydrogens (tertiary/aromatic N) is 1. The summed E-state index contributed by atoms with van der Waals surface area (Å²) in [4.78, 5) is 27.6. The highest BCUT2D eigenvalue weighted by Gasteiger charge is 2.43. The summed E-state index contributed by atoms with van der Waals surface area (Å²) in [5.74, 6) is -0.246. The molecule has 1 rings (SSSR count). The maximum absolute atomic E-state index is 11.9. The molecule has 7 nitrogen and oxygen atoms in total. The number of hydrogen-bond donors (Lipinski definition) is 0. The lowest BCUT2D eigenvalue weighted by atomic mass is 9.99. The van der Waals surface area contributed by atoms with Gasteiger partial charge < -0.3 is 23.8 Å². The smallest absolute Gasteiger partial charge is 0.325 e. The third-order valence-corrected chi connectivity index (χ3v) is 5.14. The van der Waals surface area contributed by atoms with Gasteiger partial charge in [-0.3, -0.25) is 4.79 Å². The minimum absolute atomic E-state index is 0.0142. The predicted molar refractivity (Wildman–Crippen MR) is 107 cm³/mol. The van der Waals surface area contributed by atoms with Crippen molar-refractivity contribution < 1.29 is 28.6 Å². The molecule has 0 amide bonds. The van der Waals surface area contributed by atoms with Crippen LogP contribution in [0, 0.1) is 0 Å². The molecule has 0 spiro atoms. The molecule has 7 heteroatoms. The normalized spacial score (nSPS) is 19.7. The number of hydrogen-bond acceptors (Lipinski definition) is 7. The van der Waals surface area contributed by atoms with Gasteiger partial charge in [0.05, 0.1) is 17.8 Å². The molecule has 2 unspecified atom stereocenters. The van der Waals surface area contributed by atoms with E-state index < -0.39 is 0 Å². The molecule has 0 bridgehead atoms. The second-order valence-corrected chi connectivity index (χ2v) is 8.70. The van der Waals surface area contributed by atoms with Crippen molar-refractivity contribution >= 4 is 12.3 Å². The molecule has 28 heavy (non-hydrogen) atoms. The van der Waals surface area contributed by atoms with Crippen molar-refractivity contribution in [3.8, 4) is 0 Å². The minimum Gasteiger partial charge on any atom is -0.379 e. The molecule has 0 aromatic carbocycles. The molecule has 0 N–H and O–H groups in total. The van der Waals surface area contributed by atoms with E-state index in [-0.39, 0.29) is 29.5 Å². The number of unbranched alkanes of at least 4 members (excludes halogenated alkanes) is 2. The van der Waals surface area contributed by atoms with Crippen LogP contribution in [0.5, 0.6) is 0 Å². The molecular weight excluding hydrogens is 362 g/mol. The van der Waals surface area contributed by atoms with E-state index in [0.29, 0.717) is 25.9 Å². The molecule has 0 saturated carbocycles. The second-order valence-electron chi connectivity index (χ2n) is 8.70. The van der Waals surface area contributed by atoms with E-state index in [4.69, 9.17) is 19.0 Å². The standard InChI is InChI=1S/C21H39NO6/c1-20(2,25-6)14-16-26-21(3,4)13-9-7-8-12-18(24)28-22(5)19-17(27-19)11-10-15-23/h15,17,19H,7-14,16H2,1-6H3. The molecule has 2 atom stereocenters. The first-order valence-corrected chi connectivity index (χ1v) is 10.3. The summed E-state index contributed by atoms with van der Waals surface area (Å²) in [6, 6.07) is 0. The number of hydroxylamine groups is 2. The Bertz CT molecular complexity index is 480. The van der Waals surface area contributed by atoms with Gasteiger partial charge in [-0.15, -0.1) is 5.06 Å². The molecular formula is C21H39NO6. The number of aldehydes is 1. The molecule has 164 valence electrons. The van der Waals surface area contributed by atoms with E-state index in [2.05, 4.69) is 27.7 Å². The lowest BCUT2D eigenvalue weighted by Gasteiger charge is -2.29. The first-order valence-electron chi connectivity index (χ1n) is 10.3. The third-order valence-electron chi connectivity index (χ3n) is 5.14. The van der Waals surface area contributed by atoms with Gasteiger partial charge in [-0.05, 0) is 53.4 Å². The fraction of sp³-hybridized carbons (Fsp3) is 0.905. The Labute approximate surface area is 170 Å². The highest BCUT2D eigenvalue weighted by molar-refractivity contribution is 5.68. The first-order chi connectivity index (χ1) is 13.1. The van der Waals surface area contributed by atoms with Crippen LogP contribution in [0.1, 0.15) is 79.1 Å². The summed E-state index contributed by atoms with van der Waals surface area (Å²) in [5, 5.41) is 1.45. The van der Waals surface area contributed by atoms with Gasteiger partial charge in [0.25, 0.3) is 0 Å². The van der Waals surface area contributed by atoms with Crippen LogP contribution in [0.25, 0.3) is 0 Å². The Morgan fingerprint density at radius 3 is 2.46 bits per heavy atom. The predicted octanol–water partition coefficient (Wildman–Crippen LogP) is 3.64. The summed E-state index contributed by atoms with van der Waals surface area (Å²) in [6.45, 7) is 8.99. The van der Waals surface area contributed by atoms with Crippen molar-refractivity contribution in [1.82, 2.24) is 5.06 Å². The highest BCUT2D eigenvalue weighted by atomic mass is 16.8. The van der Waals surface area contributed by atoms with Crippen molar-refractivity contribution in [2.24, 2.45) is 0 Å². The zero-order valence-corrected chi connectivity index (χ0v) is 18.5. The van der Waals surface area contributed by atoms with E-state index in [1.165, 1.54) is 5.06 Å². The SMILES string of the molecule is COC(C)(C)CCOC(C)(C)CCCCCC(=O)ON(C)C1OC1CCC=O. The highest BCUT2D eigenvalue weighted by Crippen LogP contribution is 2.29. The van der Waals surface area contributed by atoms with E-state index in [1.54, 1.807) is 14.2 Å². The summed E-state index contributed by atoms with van der Waals surface area (Å²) in [5.41, 5.74) is -0.339. The van der Waals surface area contributed by atoms with Gasteiger partial charge in [-0.25, -0.2) is 0 Å². The first kappa shape index (κ1) is 25.0. The van der Waals surface area contributed by atoms with Gasteiger partial charge in [0.15, 0.2) is 6.23 Å². The van der Waals surface area contributed by atoms with Crippen molar-refractivity contribution in [1.29, 1.82) is 0 Å². The number of rotatable bonds is 16. The Kier molecular flexibility index (Phi) is 10.6. The van der Waals surface area contributed by atoms with Gasteiger partial charge in [-0.1, -0.05) is 12.8 Å². The summed E-state index contributed by atoms with van der Waals surface area (Å²) >= 11 is 0. The maximum Gasteiger partial charge on any atom is 0.325 e. The van der Waals surface area contributed by atoms with Crippen LogP contribution in [-0.2, 0) is 28.6 Å². The molecule has 1 aliphatic heterocycles. The number of methoxy groups -OCH3 is 1. The number of likely N-dealkylation sites (N-methyl/N-ethyl adjacent to an activating group) is 1. The average molecular weight is 402 g/mol. The molecule has 1 saturated heterocycles. The van der Waals surface area contributed by atoms with Crippen molar-refractivity contribution in [3.63, 3.8) is 0 Å². The zero-order valence-electron chi connectivity index (χ0n) is 18.5. The van der Waals surface area contributed by atoms with Crippen LogP contribution < -0.4 is 0 Å². The van der Waals surface area contributed by atoms with E-state index in [0.717, 1.165) is 38.4 Å². The number of carbonyl (C=O) groups excluding carboxylic acids is 2. The Morgan fingerprint density at radius 2 is 1.82 bits per heavy atom. The molecule has 1 aliphatic rings. The van der Waals surface area contributed by atoms with Crippen LogP contribution in [0.4, 0.5) is 0 Å². The summed E-state index contributed by atoms with van der Waals surface area (Å²) < 4.78 is 16.8. The minimum atomic E-state index is -0.246. The van der Waals surface area contributed by atoms with Gasteiger partial charge in [0.2, 0.25) is 0 Å². The van der Waals surface area contributed by atoms with Crippen LogP contribution in [0.15, 0.2) is 0 Å². The topological polar surface area (TPSA) is 77.6 Å². The van der Waals surface area contributed by atoms with Gasteiger partial charge >= 0.3 is 5.97 Å². The quantitative estimate of drug-likeness (QED) is 0.169. The summed E-state index contributed by atoms with van der Waals surface area (Å²) in [6.07, 6.45) is 6.71. The second kappa shape index (κ2) is 11.9. The molecule has 1 heterocycles. The fourth-order valence-electron chi connectivity index (χ4n) is 2.90. The molecule has 0 aromatic rings. The number of ether oxygens (including phenoxy) is 3. The Hall–Kier alpha value is -1.02. The molecule has 0 aromatic heterocycles. The van der Waals surface area contributed by atoms with Gasteiger partial charge in [0, 0.05) is 27.0 Å². The lowest BCUT2D eigenvalue weighted by Crippen LogP contribution is -2.30. The van der Waals surface area contributed by atoms with E-state index >= 15 is 0 Å². The monoisotopic (exact) mass is 401 g/mol. The van der Waals surface area contributed by atoms with Crippen LogP contribution >= 0.6 is 0 Å². The Balaban J connectivity index is 2.08. The molecule has 1 fully saturated rings. The average Bonchev–Trinajstić information content (AvgIpc) is 3.39. The van der Waals surface area contributed by atoms with Gasteiger partial charge in [-0.2, -0.15) is 0 Å². The van der Waals surface area contributed by atoms with Crippen molar-refractivity contribution in [2.75, 3.05) is 20.8 Å². The molecule has 0 radical (unpaired) electrons.